The predicted molar refractivity (Wildman–Crippen MR) is 112 cm³/mol. The number of fused-ring (bicyclic) bond motifs is 1. The number of ether oxygens (including phenoxy) is 4. The molecule has 3 aliphatic rings. The van der Waals surface area contributed by atoms with Crippen LogP contribution in [0, 0.1) is 0 Å². The second kappa shape index (κ2) is 7.65. The molecule has 2 aromatic rings. The molecule has 0 spiro atoms. The molecule has 5 rings (SSSR count). The Kier molecular flexibility index (Phi) is 4.81. The second-order valence-corrected chi connectivity index (χ2v) is 7.95. The molecular formula is C24H23NO6. The molecule has 160 valence electrons. The van der Waals surface area contributed by atoms with E-state index >= 15 is 0 Å². The zero-order valence-electron chi connectivity index (χ0n) is 17.4. The lowest BCUT2D eigenvalue weighted by Gasteiger charge is -2.35. The van der Waals surface area contributed by atoms with Crippen molar-refractivity contribution in [3.63, 3.8) is 0 Å². The minimum absolute atomic E-state index is 0.0405. The number of hydrogen-bond acceptors (Lipinski definition) is 6. The van der Waals surface area contributed by atoms with Gasteiger partial charge in [-0.1, -0.05) is 6.07 Å². The van der Waals surface area contributed by atoms with Gasteiger partial charge in [0.25, 0.3) is 0 Å². The summed E-state index contributed by atoms with van der Waals surface area (Å²) in [5, 5.41) is 2.96. The summed E-state index contributed by atoms with van der Waals surface area (Å²) < 4.78 is 21.8. The van der Waals surface area contributed by atoms with Crippen molar-refractivity contribution in [3.8, 4) is 23.0 Å². The lowest BCUT2D eigenvalue weighted by atomic mass is 9.73. The largest absolute Gasteiger partial charge is 0.497 e. The zero-order chi connectivity index (χ0) is 21.5. The summed E-state index contributed by atoms with van der Waals surface area (Å²) in [5.74, 6) is 2.29. The molecule has 2 atom stereocenters. The van der Waals surface area contributed by atoms with Gasteiger partial charge in [-0.25, -0.2) is 0 Å². The summed E-state index contributed by atoms with van der Waals surface area (Å²) in [6, 6.07) is 11.2. The molecule has 0 fully saturated rings. The molecule has 0 saturated heterocycles. The Morgan fingerprint density at radius 1 is 0.935 bits per heavy atom. The summed E-state index contributed by atoms with van der Waals surface area (Å²) >= 11 is 0. The minimum atomic E-state index is -0.293. The van der Waals surface area contributed by atoms with Gasteiger partial charge < -0.3 is 24.3 Å². The van der Waals surface area contributed by atoms with E-state index in [4.69, 9.17) is 18.9 Å². The van der Waals surface area contributed by atoms with Crippen molar-refractivity contribution in [1.82, 2.24) is 5.32 Å². The fourth-order valence-corrected chi connectivity index (χ4v) is 4.75. The first kappa shape index (κ1) is 19.5. The van der Waals surface area contributed by atoms with E-state index in [1.165, 1.54) is 0 Å². The molecule has 1 N–H and O–H groups in total. The Balaban J connectivity index is 1.52. The molecule has 1 aliphatic carbocycles. The number of nitrogens with one attached hydrogen (secondary N) is 1. The maximum atomic E-state index is 13.4. The molecule has 0 radical (unpaired) electrons. The van der Waals surface area contributed by atoms with Gasteiger partial charge in [-0.15, -0.1) is 0 Å². The predicted octanol–water partition coefficient (Wildman–Crippen LogP) is 3.44. The van der Waals surface area contributed by atoms with Crippen LogP contribution in [0.2, 0.25) is 0 Å². The Labute approximate surface area is 179 Å². The number of allylic oxidation sites excluding steroid dienone is 2. The van der Waals surface area contributed by atoms with E-state index in [0.29, 0.717) is 47.1 Å². The average Bonchev–Trinajstić information content (AvgIpc) is 3.25. The molecule has 0 unspecified atom stereocenters. The van der Waals surface area contributed by atoms with Gasteiger partial charge in [-0.3, -0.25) is 9.59 Å². The molecular weight excluding hydrogens is 398 g/mol. The fourth-order valence-electron chi connectivity index (χ4n) is 4.75. The number of amides is 1. The highest BCUT2D eigenvalue weighted by molar-refractivity contribution is 6.02. The van der Waals surface area contributed by atoms with Crippen molar-refractivity contribution < 1.29 is 28.5 Å². The first-order valence-corrected chi connectivity index (χ1v) is 10.2. The Morgan fingerprint density at radius 3 is 2.58 bits per heavy atom. The smallest absolute Gasteiger partial charge is 0.231 e. The highest BCUT2D eigenvalue weighted by Crippen LogP contribution is 2.46. The zero-order valence-corrected chi connectivity index (χ0v) is 17.4. The molecule has 2 aromatic carbocycles. The fraction of sp³-hybridized carbons (Fsp3) is 0.333. The normalized spacial score (nSPS) is 22.1. The van der Waals surface area contributed by atoms with Gasteiger partial charge in [0.15, 0.2) is 17.3 Å². The van der Waals surface area contributed by atoms with Crippen LogP contribution in [0.4, 0.5) is 0 Å². The van der Waals surface area contributed by atoms with Crippen LogP contribution in [0.15, 0.2) is 47.7 Å². The quantitative estimate of drug-likeness (QED) is 0.814. The van der Waals surface area contributed by atoms with Crippen LogP contribution in [-0.4, -0.2) is 32.7 Å². The molecule has 7 heteroatoms. The van der Waals surface area contributed by atoms with Crippen LogP contribution in [0.1, 0.15) is 42.2 Å². The van der Waals surface area contributed by atoms with Crippen molar-refractivity contribution in [2.24, 2.45) is 0 Å². The van der Waals surface area contributed by atoms with Crippen molar-refractivity contribution in [2.45, 2.75) is 31.1 Å². The SMILES string of the molecule is COc1ccc(OC)c([C@@H]2CC(=O)C3=C(C2)NC(=O)C[C@H]3c2ccc3c(c2)OCO3)c1. The third kappa shape index (κ3) is 3.40. The lowest BCUT2D eigenvalue weighted by Crippen LogP contribution is -2.38. The van der Waals surface area contributed by atoms with Crippen LogP contribution in [0.3, 0.4) is 0 Å². The van der Waals surface area contributed by atoms with E-state index in [9.17, 15) is 9.59 Å². The molecule has 7 nitrogen and oxygen atoms in total. The van der Waals surface area contributed by atoms with E-state index in [1.807, 2.05) is 36.4 Å². The number of rotatable bonds is 4. The van der Waals surface area contributed by atoms with Crippen LogP contribution in [-0.2, 0) is 9.59 Å². The second-order valence-electron chi connectivity index (χ2n) is 7.95. The van der Waals surface area contributed by atoms with Gasteiger partial charge in [0.1, 0.15) is 11.5 Å². The van der Waals surface area contributed by atoms with Crippen molar-refractivity contribution in [3.05, 3.63) is 58.8 Å². The standard InChI is InChI=1S/C24H23NO6/c1-28-15-4-6-20(29-2)16(10-15)14-7-18-24(19(26)8-14)17(11-23(27)25-18)13-3-5-21-22(9-13)31-12-30-21/h3-6,9-10,14,17H,7-8,11-12H2,1-2H3,(H,25,27)/t14-,17-/m0/s1. The Bertz CT molecular complexity index is 1110. The first-order chi connectivity index (χ1) is 15.1. The van der Waals surface area contributed by atoms with Crippen LogP contribution < -0.4 is 24.3 Å². The van der Waals surface area contributed by atoms with Crippen molar-refractivity contribution >= 4 is 11.7 Å². The van der Waals surface area contributed by atoms with Crippen LogP contribution in [0.25, 0.3) is 0 Å². The van der Waals surface area contributed by atoms with Gasteiger partial charge in [-0.2, -0.15) is 0 Å². The van der Waals surface area contributed by atoms with Gasteiger partial charge in [0, 0.05) is 41.5 Å². The number of benzene rings is 2. The molecule has 2 heterocycles. The molecule has 2 aliphatic heterocycles. The van der Waals surface area contributed by atoms with E-state index in [0.717, 1.165) is 11.1 Å². The maximum absolute atomic E-state index is 13.4. The Hall–Kier alpha value is -3.48. The molecule has 1 amide bonds. The number of ketones is 1. The summed E-state index contributed by atoms with van der Waals surface area (Å²) in [6.45, 7) is 0.181. The summed E-state index contributed by atoms with van der Waals surface area (Å²) in [5.41, 5.74) is 3.18. The van der Waals surface area contributed by atoms with E-state index in [1.54, 1.807) is 14.2 Å². The van der Waals surface area contributed by atoms with Crippen molar-refractivity contribution in [1.29, 1.82) is 0 Å². The maximum Gasteiger partial charge on any atom is 0.231 e. The van der Waals surface area contributed by atoms with Gasteiger partial charge >= 0.3 is 0 Å². The molecule has 0 saturated carbocycles. The molecule has 0 aromatic heterocycles. The molecule has 31 heavy (non-hydrogen) atoms. The number of methoxy groups -OCH3 is 2. The van der Waals surface area contributed by atoms with E-state index in [-0.39, 0.29) is 36.7 Å². The number of carbonyl (C=O) groups excluding carboxylic acids is 2. The molecule has 0 bridgehead atoms. The number of Topliss-reactive ketones (excluding diaryl/α,β-unsaturated/α-hetero) is 1. The third-order valence-electron chi connectivity index (χ3n) is 6.21. The Morgan fingerprint density at radius 2 is 1.77 bits per heavy atom. The number of hydrogen-bond donors (Lipinski definition) is 1. The lowest BCUT2D eigenvalue weighted by molar-refractivity contribution is -0.122. The minimum Gasteiger partial charge on any atom is -0.497 e. The summed E-state index contributed by atoms with van der Waals surface area (Å²) in [6.07, 6.45) is 1.13. The summed E-state index contributed by atoms with van der Waals surface area (Å²) in [7, 11) is 3.22. The van der Waals surface area contributed by atoms with Gasteiger partial charge in [0.05, 0.1) is 14.2 Å². The highest BCUT2D eigenvalue weighted by atomic mass is 16.7. The van der Waals surface area contributed by atoms with E-state index in [2.05, 4.69) is 5.32 Å². The van der Waals surface area contributed by atoms with E-state index < -0.39 is 0 Å². The average molecular weight is 421 g/mol. The van der Waals surface area contributed by atoms with Gasteiger partial charge in [-0.05, 0) is 42.3 Å². The van der Waals surface area contributed by atoms with Crippen LogP contribution >= 0.6 is 0 Å². The van der Waals surface area contributed by atoms with Crippen molar-refractivity contribution in [2.75, 3.05) is 21.0 Å². The summed E-state index contributed by atoms with van der Waals surface area (Å²) in [4.78, 5) is 25.9. The number of carbonyl (C=O) groups is 2. The topological polar surface area (TPSA) is 83.1 Å². The highest BCUT2D eigenvalue weighted by Gasteiger charge is 2.39. The van der Waals surface area contributed by atoms with Crippen LogP contribution in [0.5, 0.6) is 23.0 Å². The first-order valence-electron chi connectivity index (χ1n) is 10.2. The third-order valence-corrected chi connectivity index (χ3v) is 6.21. The monoisotopic (exact) mass is 421 g/mol. The van der Waals surface area contributed by atoms with Gasteiger partial charge in [0.2, 0.25) is 12.7 Å².